The molecular formula is C24H28Cl2N2O. The SMILES string of the molecule is C[C@@H]1[C@@H](C)c2ccccc2[C@@H](CN2CCCC2)N1C(=O)Cc1ccc(Cl)c(Cl)c1. The molecule has 0 saturated carbocycles. The molecule has 0 aromatic heterocycles. The van der Waals surface area contributed by atoms with Crippen LogP contribution in [0.5, 0.6) is 0 Å². The molecule has 0 aliphatic carbocycles. The zero-order chi connectivity index (χ0) is 20.5. The number of nitrogens with zero attached hydrogens (tertiary/aromatic N) is 2. The lowest BCUT2D eigenvalue weighted by Crippen LogP contribution is -2.51. The number of rotatable bonds is 4. The number of carbonyl (C=O) groups excluding carboxylic acids is 1. The van der Waals surface area contributed by atoms with Gasteiger partial charge in [0.25, 0.3) is 0 Å². The maximum absolute atomic E-state index is 13.5. The van der Waals surface area contributed by atoms with E-state index in [1.807, 2.05) is 12.1 Å². The fourth-order valence-corrected chi connectivity index (χ4v) is 5.20. The van der Waals surface area contributed by atoms with Gasteiger partial charge in [0, 0.05) is 18.5 Å². The number of carbonyl (C=O) groups is 1. The molecule has 4 rings (SSSR count). The van der Waals surface area contributed by atoms with Crippen LogP contribution in [0.2, 0.25) is 10.0 Å². The summed E-state index contributed by atoms with van der Waals surface area (Å²) in [5.74, 6) is 0.459. The van der Waals surface area contributed by atoms with Gasteiger partial charge in [-0.15, -0.1) is 0 Å². The van der Waals surface area contributed by atoms with Crippen molar-refractivity contribution in [2.45, 2.75) is 51.1 Å². The van der Waals surface area contributed by atoms with E-state index >= 15 is 0 Å². The average Bonchev–Trinajstić information content (AvgIpc) is 3.22. The van der Waals surface area contributed by atoms with Crippen molar-refractivity contribution in [3.05, 3.63) is 69.2 Å². The number of fused-ring (bicyclic) bond motifs is 1. The molecule has 2 heterocycles. The molecule has 0 unspecified atom stereocenters. The molecule has 0 N–H and O–H groups in total. The normalized spacial score (nSPS) is 24.6. The summed E-state index contributed by atoms with van der Waals surface area (Å²) in [4.78, 5) is 18.2. The molecule has 1 saturated heterocycles. The van der Waals surface area contributed by atoms with Gasteiger partial charge in [-0.25, -0.2) is 0 Å². The Labute approximate surface area is 183 Å². The minimum atomic E-state index is 0.0887. The topological polar surface area (TPSA) is 23.6 Å². The Morgan fingerprint density at radius 1 is 1.00 bits per heavy atom. The van der Waals surface area contributed by atoms with E-state index in [2.05, 4.69) is 47.9 Å². The first-order chi connectivity index (χ1) is 14.0. The Kier molecular flexibility index (Phi) is 6.19. The number of benzene rings is 2. The van der Waals surface area contributed by atoms with Crippen molar-refractivity contribution < 1.29 is 4.79 Å². The van der Waals surface area contributed by atoms with E-state index in [1.165, 1.54) is 24.0 Å². The van der Waals surface area contributed by atoms with Crippen LogP contribution in [0.1, 0.15) is 55.3 Å². The van der Waals surface area contributed by atoms with Gasteiger partial charge in [0.15, 0.2) is 0 Å². The van der Waals surface area contributed by atoms with Crippen molar-refractivity contribution >= 4 is 29.1 Å². The lowest BCUT2D eigenvalue weighted by molar-refractivity contribution is -0.137. The standard InChI is InChI=1S/C24H28Cl2N2O/c1-16-17(2)28(24(29)14-18-9-10-21(25)22(26)13-18)23(15-27-11-5-6-12-27)20-8-4-3-7-19(16)20/h3-4,7-10,13,16-17,23H,5-6,11-12,14-15H2,1-2H3/t16-,17-,23-/m1/s1. The third kappa shape index (κ3) is 4.19. The van der Waals surface area contributed by atoms with E-state index < -0.39 is 0 Å². The van der Waals surface area contributed by atoms with Crippen LogP contribution >= 0.6 is 23.2 Å². The second-order valence-corrected chi connectivity index (χ2v) is 9.22. The Bertz CT molecular complexity index is 894. The van der Waals surface area contributed by atoms with Crippen molar-refractivity contribution in [3.8, 4) is 0 Å². The molecule has 0 spiro atoms. The molecule has 2 aliphatic rings. The Morgan fingerprint density at radius 2 is 1.69 bits per heavy atom. The number of halogens is 2. The summed E-state index contributed by atoms with van der Waals surface area (Å²) in [6.07, 6.45) is 2.84. The molecule has 3 nitrogen and oxygen atoms in total. The highest BCUT2D eigenvalue weighted by Crippen LogP contribution is 2.41. The molecule has 1 amide bonds. The van der Waals surface area contributed by atoms with Gasteiger partial charge in [0.1, 0.15) is 0 Å². The third-order valence-electron chi connectivity index (χ3n) is 6.60. The highest BCUT2D eigenvalue weighted by atomic mass is 35.5. The van der Waals surface area contributed by atoms with Gasteiger partial charge in [-0.05, 0) is 61.7 Å². The first-order valence-corrected chi connectivity index (χ1v) is 11.3. The van der Waals surface area contributed by atoms with Gasteiger partial charge in [0.2, 0.25) is 5.91 Å². The summed E-state index contributed by atoms with van der Waals surface area (Å²) in [5.41, 5.74) is 3.58. The minimum absolute atomic E-state index is 0.0887. The highest BCUT2D eigenvalue weighted by molar-refractivity contribution is 6.42. The van der Waals surface area contributed by atoms with Crippen molar-refractivity contribution in [1.82, 2.24) is 9.80 Å². The number of amides is 1. The number of hydrogen-bond acceptors (Lipinski definition) is 2. The monoisotopic (exact) mass is 430 g/mol. The fraction of sp³-hybridized carbons (Fsp3) is 0.458. The smallest absolute Gasteiger partial charge is 0.227 e. The van der Waals surface area contributed by atoms with Crippen LogP contribution < -0.4 is 0 Å². The second-order valence-electron chi connectivity index (χ2n) is 8.41. The average molecular weight is 431 g/mol. The summed E-state index contributed by atoms with van der Waals surface area (Å²) in [5, 5.41) is 1.01. The van der Waals surface area contributed by atoms with Crippen molar-refractivity contribution in [3.63, 3.8) is 0 Å². The Morgan fingerprint density at radius 3 is 2.38 bits per heavy atom. The zero-order valence-electron chi connectivity index (χ0n) is 17.1. The summed E-state index contributed by atoms with van der Waals surface area (Å²) >= 11 is 12.2. The zero-order valence-corrected chi connectivity index (χ0v) is 18.6. The summed E-state index contributed by atoms with van der Waals surface area (Å²) in [7, 11) is 0. The van der Waals surface area contributed by atoms with E-state index in [1.54, 1.807) is 6.07 Å². The summed E-state index contributed by atoms with van der Waals surface area (Å²) < 4.78 is 0. The van der Waals surface area contributed by atoms with Crippen molar-refractivity contribution in [2.75, 3.05) is 19.6 Å². The largest absolute Gasteiger partial charge is 0.331 e. The molecule has 1 fully saturated rings. The van der Waals surface area contributed by atoms with Crippen molar-refractivity contribution in [2.24, 2.45) is 0 Å². The van der Waals surface area contributed by atoms with Gasteiger partial charge in [0.05, 0.1) is 22.5 Å². The van der Waals surface area contributed by atoms with E-state index in [4.69, 9.17) is 23.2 Å². The van der Waals surface area contributed by atoms with Gasteiger partial charge >= 0.3 is 0 Å². The first-order valence-electron chi connectivity index (χ1n) is 10.5. The lowest BCUT2D eigenvalue weighted by Gasteiger charge is -2.46. The molecule has 3 atom stereocenters. The minimum Gasteiger partial charge on any atom is -0.331 e. The first kappa shape index (κ1) is 20.7. The van der Waals surface area contributed by atoms with Crippen LogP contribution in [-0.4, -0.2) is 41.4 Å². The van der Waals surface area contributed by atoms with Crippen molar-refractivity contribution in [1.29, 1.82) is 0 Å². The molecule has 29 heavy (non-hydrogen) atoms. The van der Waals surface area contributed by atoms with Crippen LogP contribution in [0.15, 0.2) is 42.5 Å². The predicted octanol–water partition coefficient (Wildman–Crippen LogP) is 5.71. The maximum atomic E-state index is 13.5. The number of likely N-dealkylation sites (tertiary alicyclic amines) is 1. The number of hydrogen-bond donors (Lipinski definition) is 0. The molecule has 0 radical (unpaired) electrons. The van der Waals surface area contributed by atoms with Crippen LogP contribution in [0.3, 0.4) is 0 Å². The quantitative estimate of drug-likeness (QED) is 0.619. The maximum Gasteiger partial charge on any atom is 0.227 e. The van der Waals surface area contributed by atoms with E-state index in [9.17, 15) is 4.79 Å². The Balaban J connectivity index is 1.66. The van der Waals surface area contributed by atoms with Crippen LogP contribution in [0.4, 0.5) is 0 Å². The molecule has 5 heteroatoms. The van der Waals surface area contributed by atoms with Crippen LogP contribution in [0, 0.1) is 0 Å². The summed E-state index contributed by atoms with van der Waals surface area (Å²) in [6.45, 7) is 7.56. The third-order valence-corrected chi connectivity index (χ3v) is 7.34. The molecular weight excluding hydrogens is 403 g/mol. The van der Waals surface area contributed by atoms with Gasteiger partial charge in [-0.2, -0.15) is 0 Å². The molecule has 0 bridgehead atoms. The lowest BCUT2D eigenvalue weighted by atomic mass is 9.81. The molecule has 2 aromatic carbocycles. The predicted molar refractivity (Wildman–Crippen MR) is 120 cm³/mol. The molecule has 154 valence electrons. The second kappa shape index (κ2) is 8.67. The Hall–Kier alpha value is -1.55. The van der Waals surface area contributed by atoms with E-state index in [0.717, 1.165) is 25.2 Å². The summed E-state index contributed by atoms with van der Waals surface area (Å²) in [6, 6.07) is 14.4. The fourth-order valence-electron chi connectivity index (χ4n) is 4.88. The molecule has 2 aromatic rings. The van der Waals surface area contributed by atoms with Crippen LogP contribution in [-0.2, 0) is 11.2 Å². The van der Waals surface area contributed by atoms with Gasteiger partial charge in [-0.3, -0.25) is 4.79 Å². The molecule has 2 aliphatic heterocycles. The van der Waals surface area contributed by atoms with Gasteiger partial charge < -0.3 is 9.80 Å². The van der Waals surface area contributed by atoms with Gasteiger partial charge in [-0.1, -0.05) is 60.5 Å². The van der Waals surface area contributed by atoms with E-state index in [0.29, 0.717) is 22.4 Å². The van der Waals surface area contributed by atoms with Crippen LogP contribution in [0.25, 0.3) is 0 Å². The van der Waals surface area contributed by atoms with E-state index in [-0.39, 0.29) is 18.0 Å². The highest BCUT2D eigenvalue weighted by Gasteiger charge is 2.39.